The third-order valence-corrected chi connectivity index (χ3v) is 11.3. The van der Waals surface area contributed by atoms with Crippen LogP contribution in [0.3, 0.4) is 0 Å². The zero-order valence-electron chi connectivity index (χ0n) is 23.3. The van der Waals surface area contributed by atoms with E-state index in [1.807, 2.05) is 12.1 Å². The Morgan fingerprint density at radius 1 is 1.10 bits per heavy atom. The molecule has 218 valence electrons. The number of carbonyl (C=O) groups excluding carboxylic acids is 1. The van der Waals surface area contributed by atoms with E-state index in [2.05, 4.69) is 27.8 Å². The maximum Gasteiger partial charge on any atom is 0.304 e. The van der Waals surface area contributed by atoms with Gasteiger partial charge in [0, 0.05) is 49.3 Å². The minimum atomic E-state index is -3.95. The first-order valence-electron chi connectivity index (χ1n) is 14.6. The fraction of sp³-hybridized carbons (Fsp3) is 0.516. The van der Waals surface area contributed by atoms with Crippen molar-refractivity contribution >= 4 is 33.4 Å². The van der Waals surface area contributed by atoms with Crippen LogP contribution in [-0.4, -0.2) is 58.1 Å². The molecule has 1 saturated carbocycles. The number of nitrogens with zero attached hydrogens (tertiary/aromatic N) is 2. The number of fused-ring (bicyclic) bond motifs is 1. The van der Waals surface area contributed by atoms with E-state index >= 15 is 0 Å². The summed E-state index contributed by atoms with van der Waals surface area (Å²) in [5.74, 6) is 0.870. The van der Waals surface area contributed by atoms with Gasteiger partial charge in [-0.05, 0) is 97.4 Å². The van der Waals surface area contributed by atoms with E-state index < -0.39 is 16.1 Å². The molecule has 2 aliphatic carbocycles. The van der Waals surface area contributed by atoms with E-state index in [0.29, 0.717) is 49.4 Å². The Labute approximate surface area is 246 Å². The van der Waals surface area contributed by atoms with Crippen molar-refractivity contribution in [2.75, 3.05) is 38.3 Å². The second-order valence-corrected chi connectivity index (χ2v) is 14.5. The number of aryl methyl sites for hydroxylation is 1. The van der Waals surface area contributed by atoms with Gasteiger partial charge in [-0.1, -0.05) is 23.7 Å². The van der Waals surface area contributed by atoms with Crippen LogP contribution in [0.4, 0.5) is 5.69 Å². The summed E-state index contributed by atoms with van der Waals surface area (Å²) in [4.78, 5) is 15.6. The Morgan fingerprint density at radius 3 is 2.68 bits per heavy atom. The third-order valence-electron chi connectivity index (χ3n) is 9.72. The van der Waals surface area contributed by atoms with Crippen LogP contribution in [0.25, 0.3) is 0 Å². The smallest absolute Gasteiger partial charge is 0.304 e. The van der Waals surface area contributed by atoms with E-state index in [1.54, 1.807) is 19.2 Å². The van der Waals surface area contributed by atoms with Crippen molar-refractivity contribution in [1.29, 1.82) is 0 Å². The SMILES string of the molecule is CO[C@H]1C2=CC3(C2)CN(C3)S(=O)(=O)NC(=O)c2ccc3c(c2)N(Cc2ccc(Cl)cc2CCCCO3)C[C@@H]2CC[C@H]21. The number of carbonyl (C=O) groups is 1. The highest BCUT2D eigenvalue weighted by Crippen LogP contribution is 2.52. The zero-order valence-corrected chi connectivity index (χ0v) is 24.8. The van der Waals surface area contributed by atoms with E-state index in [1.165, 1.54) is 21.0 Å². The maximum atomic E-state index is 13.3. The molecule has 1 N–H and O–H groups in total. The van der Waals surface area contributed by atoms with Crippen molar-refractivity contribution in [1.82, 2.24) is 9.03 Å². The summed E-state index contributed by atoms with van der Waals surface area (Å²) in [6.07, 6.45) is 8.10. The summed E-state index contributed by atoms with van der Waals surface area (Å²) in [6, 6.07) is 11.4. The molecule has 3 atom stereocenters. The lowest BCUT2D eigenvalue weighted by Gasteiger charge is -2.55. The highest BCUT2D eigenvalue weighted by molar-refractivity contribution is 7.87. The van der Waals surface area contributed by atoms with E-state index in [9.17, 15) is 13.2 Å². The van der Waals surface area contributed by atoms with Crippen LogP contribution in [0, 0.1) is 17.3 Å². The normalized spacial score (nSPS) is 32.2. The van der Waals surface area contributed by atoms with Crippen molar-refractivity contribution in [3.63, 3.8) is 0 Å². The molecule has 41 heavy (non-hydrogen) atoms. The molecule has 5 bridgehead atoms. The molecule has 10 heteroatoms. The second-order valence-electron chi connectivity index (χ2n) is 12.4. The first kappa shape index (κ1) is 27.3. The number of halogens is 1. The van der Waals surface area contributed by atoms with Crippen molar-refractivity contribution < 1.29 is 22.7 Å². The summed E-state index contributed by atoms with van der Waals surface area (Å²) in [5.41, 5.74) is 4.65. The second kappa shape index (κ2) is 10.3. The molecular weight excluding hydrogens is 562 g/mol. The Kier molecular flexibility index (Phi) is 6.84. The minimum Gasteiger partial charge on any atom is -0.491 e. The van der Waals surface area contributed by atoms with Gasteiger partial charge in [-0.3, -0.25) is 4.79 Å². The number of amides is 1. The Bertz CT molecular complexity index is 1520. The molecule has 0 unspecified atom stereocenters. The highest BCUT2D eigenvalue weighted by atomic mass is 35.5. The first-order valence-corrected chi connectivity index (χ1v) is 16.4. The minimum absolute atomic E-state index is 0.0368. The topological polar surface area (TPSA) is 88.2 Å². The predicted octanol–water partition coefficient (Wildman–Crippen LogP) is 4.72. The largest absolute Gasteiger partial charge is 0.491 e. The number of methoxy groups -OCH3 is 1. The van der Waals surface area contributed by atoms with Gasteiger partial charge in [0.05, 0.1) is 18.4 Å². The summed E-state index contributed by atoms with van der Waals surface area (Å²) in [5, 5.41) is 0.728. The number of rotatable bonds is 1. The number of benzene rings is 2. The molecular formula is C31H36ClN3O5S. The molecule has 7 aliphatic rings. The van der Waals surface area contributed by atoms with Gasteiger partial charge < -0.3 is 14.4 Å². The van der Waals surface area contributed by atoms with Gasteiger partial charge in [-0.15, -0.1) is 0 Å². The van der Waals surface area contributed by atoms with E-state index in [0.717, 1.165) is 55.8 Å². The van der Waals surface area contributed by atoms with Gasteiger partial charge in [-0.25, -0.2) is 4.72 Å². The lowest BCUT2D eigenvalue weighted by molar-refractivity contribution is -0.0123. The molecule has 0 radical (unpaired) electrons. The van der Waals surface area contributed by atoms with Crippen LogP contribution in [0.5, 0.6) is 5.75 Å². The monoisotopic (exact) mass is 597 g/mol. The molecule has 1 amide bonds. The maximum absolute atomic E-state index is 13.3. The summed E-state index contributed by atoms with van der Waals surface area (Å²) in [6.45, 7) is 2.74. The average molecular weight is 598 g/mol. The molecule has 1 spiro atoms. The van der Waals surface area contributed by atoms with Crippen molar-refractivity contribution in [2.45, 2.75) is 51.2 Å². The van der Waals surface area contributed by atoms with Gasteiger partial charge in [0.1, 0.15) is 5.75 Å². The summed E-state index contributed by atoms with van der Waals surface area (Å²) >= 11 is 6.41. The van der Waals surface area contributed by atoms with E-state index in [4.69, 9.17) is 21.1 Å². The highest BCUT2D eigenvalue weighted by Gasteiger charge is 2.54. The zero-order chi connectivity index (χ0) is 28.4. The molecule has 1 saturated heterocycles. The fourth-order valence-corrected chi connectivity index (χ4v) is 8.92. The van der Waals surface area contributed by atoms with Gasteiger partial charge in [0.25, 0.3) is 5.91 Å². The first-order chi connectivity index (χ1) is 19.7. The number of ether oxygens (including phenoxy) is 2. The van der Waals surface area contributed by atoms with Crippen molar-refractivity contribution in [2.24, 2.45) is 17.3 Å². The van der Waals surface area contributed by atoms with Crippen molar-refractivity contribution in [3.05, 3.63) is 69.8 Å². The van der Waals surface area contributed by atoms with Gasteiger partial charge in [0.15, 0.2) is 0 Å². The van der Waals surface area contributed by atoms with Gasteiger partial charge >= 0.3 is 10.2 Å². The number of nitrogens with one attached hydrogen (secondary N) is 1. The van der Waals surface area contributed by atoms with Crippen LogP contribution in [0.2, 0.25) is 5.02 Å². The lowest BCUT2D eigenvalue weighted by atomic mass is 9.60. The lowest BCUT2D eigenvalue weighted by Crippen LogP contribution is -2.63. The average Bonchev–Trinajstić information content (AvgIpc) is 2.90. The van der Waals surface area contributed by atoms with Crippen LogP contribution in [0.1, 0.15) is 53.6 Å². The molecule has 8 nitrogen and oxygen atoms in total. The number of hydrogen-bond acceptors (Lipinski definition) is 6. The summed E-state index contributed by atoms with van der Waals surface area (Å²) < 4.78 is 42.3. The Balaban J connectivity index is 1.32. The van der Waals surface area contributed by atoms with Crippen LogP contribution in [0.15, 0.2) is 48.0 Å². The van der Waals surface area contributed by atoms with E-state index in [-0.39, 0.29) is 11.5 Å². The molecule has 0 aromatic heterocycles. The molecule has 5 aliphatic heterocycles. The fourth-order valence-electron chi connectivity index (χ4n) is 7.39. The van der Waals surface area contributed by atoms with Crippen LogP contribution >= 0.6 is 11.6 Å². The number of hydrogen-bond donors (Lipinski definition) is 1. The molecule has 9 rings (SSSR count). The van der Waals surface area contributed by atoms with Gasteiger partial charge in [-0.2, -0.15) is 12.7 Å². The van der Waals surface area contributed by atoms with Crippen LogP contribution < -0.4 is 14.4 Å². The van der Waals surface area contributed by atoms with Gasteiger partial charge in [0.2, 0.25) is 0 Å². The Hall–Kier alpha value is -2.59. The summed E-state index contributed by atoms with van der Waals surface area (Å²) in [7, 11) is -2.16. The van der Waals surface area contributed by atoms with Crippen molar-refractivity contribution in [3.8, 4) is 5.75 Å². The Morgan fingerprint density at radius 2 is 1.93 bits per heavy atom. The quantitative estimate of drug-likeness (QED) is 0.479. The molecule has 2 fully saturated rings. The predicted molar refractivity (Wildman–Crippen MR) is 157 cm³/mol. The third kappa shape index (κ3) is 4.94. The van der Waals surface area contributed by atoms with Crippen LogP contribution in [-0.2, 0) is 27.9 Å². The standard InChI is InChI=1S/C31H36ClN3O5S/c1-39-29-24-14-31(15-24)18-35(19-31)41(37,38)33-30(36)21-7-10-28-27(13-21)34(17-23-6-9-26(23)29)16-22-5-8-25(32)12-20(22)4-2-3-11-40-28/h5,7-8,10,12-14,23,26,29H,2-4,6,9,11,15-19H2,1H3,(H,33,36)/t23-,26+,29-/m0/s1. The number of anilines is 1. The molecule has 2 aromatic carbocycles. The molecule has 2 aromatic rings. The molecule has 5 heterocycles.